The van der Waals surface area contributed by atoms with E-state index < -0.39 is 6.80 Å². The van der Waals surface area contributed by atoms with Crippen molar-refractivity contribution in [2.45, 2.75) is 17.6 Å². The van der Waals surface area contributed by atoms with Gasteiger partial charge in [0, 0.05) is 24.9 Å². The standard InChI is InChI=1S/C11H17O3PS2/c1-9-5-6-11(16-4)10(7-9)8-17-15(12,13-2)14-3/h5-7H,8H2,1-4H3. The quantitative estimate of drug-likeness (QED) is 0.575. The maximum atomic E-state index is 11.9. The fourth-order valence-electron chi connectivity index (χ4n) is 1.35. The van der Waals surface area contributed by atoms with E-state index in [-0.39, 0.29) is 0 Å². The summed E-state index contributed by atoms with van der Waals surface area (Å²) in [5.41, 5.74) is 2.36. The number of hydrogen-bond donors (Lipinski definition) is 0. The Morgan fingerprint density at radius 2 is 1.94 bits per heavy atom. The molecular weight excluding hydrogens is 275 g/mol. The normalized spacial score (nSPS) is 11.8. The van der Waals surface area contributed by atoms with Crippen LogP contribution < -0.4 is 0 Å². The number of aryl methyl sites for hydroxylation is 1. The van der Waals surface area contributed by atoms with Gasteiger partial charge in [-0.2, -0.15) is 0 Å². The summed E-state index contributed by atoms with van der Waals surface area (Å²) in [6.45, 7) is -0.938. The fourth-order valence-corrected chi connectivity index (χ4v) is 4.46. The molecule has 0 unspecified atom stereocenters. The highest BCUT2D eigenvalue weighted by Crippen LogP contribution is 2.60. The van der Waals surface area contributed by atoms with Crippen LogP contribution in [0.2, 0.25) is 0 Å². The van der Waals surface area contributed by atoms with Crippen LogP contribution in [0.4, 0.5) is 0 Å². The summed E-state index contributed by atoms with van der Waals surface area (Å²) in [5.74, 6) is 0.622. The fraction of sp³-hybridized carbons (Fsp3) is 0.455. The second-order valence-electron chi connectivity index (χ2n) is 3.40. The molecule has 17 heavy (non-hydrogen) atoms. The molecule has 0 saturated heterocycles. The molecule has 0 bridgehead atoms. The van der Waals surface area contributed by atoms with Gasteiger partial charge in [0.25, 0.3) is 0 Å². The first-order chi connectivity index (χ1) is 8.04. The first-order valence-corrected chi connectivity index (χ1v) is 9.40. The van der Waals surface area contributed by atoms with Crippen molar-refractivity contribution < 1.29 is 13.6 Å². The van der Waals surface area contributed by atoms with E-state index in [0.717, 1.165) is 5.56 Å². The molecule has 0 N–H and O–H groups in total. The molecule has 1 aromatic rings. The Labute approximate surface area is 111 Å². The highest BCUT2D eigenvalue weighted by molar-refractivity contribution is 8.54. The Morgan fingerprint density at radius 1 is 1.29 bits per heavy atom. The van der Waals surface area contributed by atoms with Gasteiger partial charge in [0.1, 0.15) is 0 Å². The molecule has 0 aliphatic carbocycles. The van der Waals surface area contributed by atoms with Crippen LogP contribution in [0.5, 0.6) is 0 Å². The third kappa shape index (κ3) is 4.34. The van der Waals surface area contributed by atoms with Crippen LogP contribution in [-0.2, 0) is 19.4 Å². The minimum absolute atomic E-state index is 0.622. The molecule has 0 saturated carbocycles. The van der Waals surface area contributed by atoms with Crippen LogP contribution in [-0.4, -0.2) is 20.5 Å². The van der Waals surface area contributed by atoms with Gasteiger partial charge in [-0.05, 0) is 36.2 Å². The highest BCUT2D eigenvalue weighted by Gasteiger charge is 2.22. The predicted molar refractivity (Wildman–Crippen MR) is 75.9 cm³/mol. The smallest absolute Gasteiger partial charge is 0.304 e. The van der Waals surface area contributed by atoms with Gasteiger partial charge in [-0.1, -0.05) is 17.7 Å². The maximum absolute atomic E-state index is 11.9. The monoisotopic (exact) mass is 292 g/mol. The predicted octanol–water partition coefficient (Wildman–Crippen LogP) is 4.35. The van der Waals surface area contributed by atoms with Gasteiger partial charge >= 0.3 is 6.80 Å². The summed E-state index contributed by atoms with van der Waals surface area (Å²) in [7, 11) is 2.81. The molecule has 0 aromatic heterocycles. The summed E-state index contributed by atoms with van der Waals surface area (Å²) in [6.07, 6.45) is 2.03. The molecule has 0 atom stereocenters. The lowest BCUT2D eigenvalue weighted by atomic mass is 10.2. The Bertz CT molecular complexity index is 415. The van der Waals surface area contributed by atoms with Gasteiger partial charge in [-0.25, -0.2) is 4.57 Å². The first-order valence-electron chi connectivity index (χ1n) is 5.04. The molecule has 0 fully saturated rings. The van der Waals surface area contributed by atoms with Crippen molar-refractivity contribution in [2.24, 2.45) is 0 Å². The average molecular weight is 292 g/mol. The third-order valence-corrected chi connectivity index (χ3v) is 6.98. The topological polar surface area (TPSA) is 35.5 Å². The van der Waals surface area contributed by atoms with E-state index in [0.29, 0.717) is 5.75 Å². The molecular formula is C11H17O3PS2. The lowest BCUT2D eigenvalue weighted by Gasteiger charge is -2.14. The summed E-state index contributed by atoms with van der Waals surface area (Å²) < 4.78 is 21.7. The molecule has 0 heterocycles. The van der Waals surface area contributed by atoms with Gasteiger partial charge in [-0.3, -0.25) is 0 Å². The lowest BCUT2D eigenvalue weighted by Crippen LogP contribution is -1.89. The third-order valence-electron chi connectivity index (χ3n) is 2.26. The second kappa shape index (κ2) is 6.86. The zero-order valence-corrected chi connectivity index (χ0v) is 13.0. The number of benzene rings is 1. The van der Waals surface area contributed by atoms with Crippen molar-refractivity contribution >= 4 is 29.9 Å². The molecule has 1 aromatic carbocycles. The number of hydrogen-bond acceptors (Lipinski definition) is 5. The van der Waals surface area contributed by atoms with E-state index in [2.05, 4.69) is 18.2 Å². The van der Waals surface area contributed by atoms with E-state index in [9.17, 15) is 4.57 Å². The van der Waals surface area contributed by atoms with Crippen molar-refractivity contribution in [2.75, 3.05) is 20.5 Å². The molecule has 96 valence electrons. The van der Waals surface area contributed by atoms with Gasteiger partial charge in [-0.15, -0.1) is 11.8 Å². The van der Waals surface area contributed by atoms with Gasteiger partial charge in [0.15, 0.2) is 0 Å². The number of rotatable bonds is 6. The van der Waals surface area contributed by atoms with Gasteiger partial charge in [0.2, 0.25) is 0 Å². The minimum atomic E-state index is -2.98. The van der Waals surface area contributed by atoms with Crippen molar-refractivity contribution in [3.05, 3.63) is 29.3 Å². The largest absolute Gasteiger partial charge is 0.388 e. The molecule has 1 rings (SSSR count). The van der Waals surface area contributed by atoms with Gasteiger partial charge < -0.3 is 9.05 Å². The van der Waals surface area contributed by atoms with E-state index in [1.54, 1.807) is 11.8 Å². The van der Waals surface area contributed by atoms with Gasteiger partial charge in [0.05, 0.1) is 0 Å². The molecule has 0 amide bonds. The van der Waals surface area contributed by atoms with E-state index >= 15 is 0 Å². The zero-order chi connectivity index (χ0) is 12.9. The first kappa shape index (κ1) is 15.1. The Morgan fingerprint density at radius 3 is 2.47 bits per heavy atom. The van der Waals surface area contributed by atoms with Crippen molar-refractivity contribution in [3.63, 3.8) is 0 Å². The minimum Gasteiger partial charge on any atom is -0.304 e. The Hall–Kier alpha value is 0.0700. The van der Waals surface area contributed by atoms with Crippen LogP contribution in [0.3, 0.4) is 0 Å². The van der Waals surface area contributed by atoms with Crippen LogP contribution >= 0.6 is 29.9 Å². The Kier molecular flexibility index (Phi) is 6.10. The van der Waals surface area contributed by atoms with E-state index in [1.807, 2.05) is 13.2 Å². The van der Waals surface area contributed by atoms with E-state index in [1.165, 1.54) is 36.1 Å². The van der Waals surface area contributed by atoms with Crippen LogP contribution in [0.1, 0.15) is 11.1 Å². The zero-order valence-electron chi connectivity index (χ0n) is 10.4. The maximum Gasteiger partial charge on any atom is 0.388 e. The molecule has 0 spiro atoms. The average Bonchev–Trinajstić information content (AvgIpc) is 2.36. The van der Waals surface area contributed by atoms with Crippen LogP contribution in [0.25, 0.3) is 0 Å². The summed E-state index contributed by atoms with van der Waals surface area (Å²) in [4.78, 5) is 1.20. The summed E-state index contributed by atoms with van der Waals surface area (Å²) in [5, 5.41) is 0. The second-order valence-corrected chi connectivity index (χ2v) is 8.54. The molecule has 0 radical (unpaired) electrons. The molecule has 0 aliphatic heterocycles. The number of thioether (sulfide) groups is 1. The molecule has 0 aliphatic rings. The highest BCUT2D eigenvalue weighted by atomic mass is 32.7. The summed E-state index contributed by atoms with van der Waals surface area (Å²) in [6, 6.07) is 6.27. The summed E-state index contributed by atoms with van der Waals surface area (Å²) >= 11 is 2.90. The van der Waals surface area contributed by atoms with Crippen LogP contribution in [0, 0.1) is 6.92 Å². The van der Waals surface area contributed by atoms with Crippen molar-refractivity contribution in [3.8, 4) is 0 Å². The van der Waals surface area contributed by atoms with Crippen molar-refractivity contribution in [1.29, 1.82) is 0 Å². The molecule has 3 nitrogen and oxygen atoms in total. The SMILES string of the molecule is COP(=O)(OC)SCc1cc(C)ccc1SC. The lowest BCUT2D eigenvalue weighted by molar-refractivity contribution is 0.295. The van der Waals surface area contributed by atoms with Crippen LogP contribution in [0.15, 0.2) is 23.1 Å². The van der Waals surface area contributed by atoms with E-state index in [4.69, 9.17) is 9.05 Å². The molecule has 6 heteroatoms. The Balaban J connectivity index is 2.81. The van der Waals surface area contributed by atoms with Crippen molar-refractivity contribution in [1.82, 2.24) is 0 Å².